The highest BCUT2D eigenvalue weighted by atomic mass is 35.5. The third-order valence-electron chi connectivity index (χ3n) is 6.86. The fourth-order valence-electron chi connectivity index (χ4n) is 4.74. The summed E-state index contributed by atoms with van der Waals surface area (Å²) < 4.78 is 22.6. The zero-order valence-electron chi connectivity index (χ0n) is 23.9. The van der Waals surface area contributed by atoms with Crippen molar-refractivity contribution in [2.45, 2.75) is 44.8 Å². The van der Waals surface area contributed by atoms with E-state index in [4.69, 9.17) is 33.5 Å². The molecule has 2 heterocycles. The summed E-state index contributed by atoms with van der Waals surface area (Å²) in [7, 11) is 1.86. The lowest BCUT2D eigenvalue weighted by Gasteiger charge is -2.18. The smallest absolute Gasteiger partial charge is 0.354 e. The van der Waals surface area contributed by atoms with Gasteiger partial charge in [-0.1, -0.05) is 23.7 Å². The Kier molecular flexibility index (Phi) is 10.7. The minimum absolute atomic E-state index is 0.0453. The van der Waals surface area contributed by atoms with Gasteiger partial charge in [-0.15, -0.1) is 0 Å². The fraction of sp³-hybridized carbons (Fsp3) is 0.367. The molecule has 2 atom stereocenters. The third kappa shape index (κ3) is 7.95. The monoisotopic (exact) mass is 596 g/mol. The Labute approximate surface area is 249 Å². The number of hydrogen-bond acceptors (Lipinski definition) is 6. The van der Waals surface area contributed by atoms with E-state index in [1.165, 1.54) is 4.57 Å². The van der Waals surface area contributed by atoms with Gasteiger partial charge in [0.15, 0.2) is 11.8 Å². The highest BCUT2D eigenvalue weighted by molar-refractivity contribution is 6.31. The molecule has 0 aliphatic heterocycles. The molecule has 224 valence electrons. The Morgan fingerprint density at radius 3 is 2.67 bits per heavy atom. The summed E-state index contributed by atoms with van der Waals surface area (Å²) >= 11 is 6.24. The minimum atomic E-state index is -0.528. The molecule has 0 amide bonds. The van der Waals surface area contributed by atoms with Gasteiger partial charge in [0.2, 0.25) is 0 Å². The van der Waals surface area contributed by atoms with Crippen molar-refractivity contribution in [3.63, 3.8) is 0 Å². The molecule has 10 nitrogen and oxygen atoms in total. The minimum Gasteiger partial charge on any atom is -0.372 e. The number of aliphatic imine (C=N–C) groups is 1. The molecular weight excluding hydrogens is 559 g/mol. The van der Waals surface area contributed by atoms with Crippen LogP contribution in [0.5, 0.6) is 0 Å². The maximum Gasteiger partial charge on any atom is 0.354 e. The van der Waals surface area contributed by atoms with Gasteiger partial charge in [-0.05, 0) is 81.1 Å². The van der Waals surface area contributed by atoms with E-state index in [0.717, 1.165) is 30.4 Å². The molecular formula is C30H38ClFN8O2. The van der Waals surface area contributed by atoms with Crippen molar-refractivity contribution in [2.24, 2.45) is 22.2 Å². The van der Waals surface area contributed by atoms with Crippen LogP contribution < -0.4 is 28.2 Å². The van der Waals surface area contributed by atoms with Crippen molar-refractivity contribution < 1.29 is 9.13 Å². The third-order valence-corrected chi connectivity index (χ3v) is 7.13. The van der Waals surface area contributed by atoms with Gasteiger partial charge in [-0.2, -0.15) is 4.98 Å². The lowest BCUT2D eigenvalue weighted by atomic mass is 10.0. The highest BCUT2D eigenvalue weighted by Crippen LogP contribution is 2.31. The van der Waals surface area contributed by atoms with Gasteiger partial charge in [-0.3, -0.25) is 9.56 Å². The Balaban J connectivity index is 1.56. The number of nitrogens with one attached hydrogen (secondary N) is 2. The second-order valence-electron chi connectivity index (χ2n) is 10.4. The molecule has 0 aliphatic rings. The average Bonchev–Trinajstić information content (AvgIpc) is 3.36. The molecule has 2 aromatic heterocycles. The van der Waals surface area contributed by atoms with Gasteiger partial charge in [-0.25, -0.2) is 9.18 Å². The summed E-state index contributed by atoms with van der Waals surface area (Å²) in [5.74, 6) is -0.467. The molecule has 0 fully saturated rings. The first-order chi connectivity index (χ1) is 20.2. The maximum absolute atomic E-state index is 15.1. The molecule has 0 bridgehead atoms. The van der Waals surface area contributed by atoms with Crippen LogP contribution in [0.2, 0.25) is 5.02 Å². The predicted octanol–water partition coefficient (Wildman–Crippen LogP) is 3.78. The quantitative estimate of drug-likeness (QED) is 0.0840. The molecule has 0 spiro atoms. The van der Waals surface area contributed by atoms with Crippen LogP contribution in [0.4, 0.5) is 4.39 Å². The predicted molar refractivity (Wildman–Crippen MR) is 167 cm³/mol. The molecule has 12 heteroatoms. The normalized spacial score (nSPS) is 12.9. The van der Waals surface area contributed by atoms with E-state index < -0.39 is 11.5 Å². The second kappa shape index (κ2) is 14.4. The molecule has 4 rings (SSSR count). The number of benzene rings is 2. The SMILES string of the molecule is CNCC(OCCCN=C(N)N)c1ccc(-n2cc3cc(-c4cc(CCCC(C)N)cc(Cl)c4F)[nH]c3nc2=O)cc1. The van der Waals surface area contributed by atoms with Crippen LogP contribution >= 0.6 is 11.6 Å². The van der Waals surface area contributed by atoms with E-state index in [9.17, 15) is 4.79 Å². The number of rotatable bonds is 14. The Hall–Kier alpha value is -3.77. The number of hydrogen-bond donors (Lipinski definition) is 5. The lowest BCUT2D eigenvalue weighted by molar-refractivity contribution is 0.0533. The summed E-state index contributed by atoms with van der Waals surface area (Å²) in [6, 6.07) is 12.8. The maximum atomic E-state index is 15.1. The number of nitrogens with two attached hydrogens (primary N) is 3. The fourth-order valence-corrected chi connectivity index (χ4v) is 4.99. The molecule has 0 radical (unpaired) electrons. The highest BCUT2D eigenvalue weighted by Gasteiger charge is 2.16. The molecule has 0 saturated carbocycles. The van der Waals surface area contributed by atoms with Gasteiger partial charge in [0.1, 0.15) is 5.65 Å². The number of ether oxygens (including phenoxy) is 1. The lowest BCUT2D eigenvalue weighted by Crippen LogP contribution is -2.23. The summed E-state index contributed by atoms with van der Waals surface area (Å²) in [5.41, 5.74) is 19.8. The summed E-state index contributed by atoms with van der Waals surface area (Å²) in [6.07, 6.45) is 4.64. The number of likely N-dealkylation sites (N-methyl/N-ethyl adjacent to an activating group) is 1. The summed E-state index contributed by atoms with van der Waals surface area (Å²) in [5, 5.41) is 3.84. The van der Waals surface area contributed by atoms with Crippen molar-refractivity contribution >= 4 is 28.6 Å². The average molecular weight is 597 g/mol. The van der Waals surface area contributed by atoms with Gasteiger partial charge in [0, 0.05) is 42.9 Å². The Bertz CT molecular complexity index is 1580. The van der Waals surface area contributed by atoms with Crippen LogP contribution in [0.3, 0.4) is 0 Å². The molecule has 8 N–H and O–H groups in total. The van der Waals surface area contributed by atoms with E-state index in [1.807, 2.05) is 38.2 Å². The van der Waals surface area contributed by atoms with Crippen molar-refractivity contribution in [1.29, 1.82) is 0 Å². The van der Waals surface area contributed by atoms with E-state index in [1.54, 1.807) is 24.4 Å². The van der Waals surface area contributed by atoms with E-state index >= 15 is 4.39 Å². The van der Waals surface area contributed by atoms with Crippen molar-refractivity contribution in [1.82, 2.24) is 19.9 Å². The summed E-state index contributed by atoms with van der Waals surface area (Å²) in [4.78, 5) is 24.2. The number of aromatic amines is 1. The largest absolute Gasteiger partial charge is 0.372 e. The van der Waals surface area contributed by atoms with E-state index in [2.05, 4.69) is 20.3 Å². The first-order valence-electron chi connectivity index (χ1n) is 13.9. The number of nitrogens with zero attached hydrogens (tertiary/aromatic N) is 3. The summed E-state index contributed by atoms with van der Waals surface area (Å²) in [6.45, 7) is 3.55. The van der Waals surface area contributed by atoms with Crippen LogP contribution in [0.25, 0.3) is 28.0 Å². The van der Waals surface area contributed by atoms with E-state index in [0.29, 0.717) is 54.1 Å². The first kappa shape index (κ1) is 31.2. The number of aryl methyl sites for hydroxylation is 1. The van der Waals surface area contributed by atoms with Gasteiger partial charge in [0.05, 0.1) is 22.5 Å². The molecule has 2 aromatic carbocycles. The standard InChI is InChI=1S/C30H38ClFN8O2/c1-18(33)5-3-6-19-13-23(27(32)24(31)14-19)25-15-21-17-40(30(41)39-28(21)38-25)22-9-7-20(8-10-22)26(16-36-2)42-12-4-11-37-29(34)35/h7-10,13-15,17-18,26,36H,3-6,11-12,16,33H2,1-2H3,(H4,34,35,37)(H,38,39,41). The first-order valence-corrected chi connectivity index (χ1v) is 14.3. The Morgan fingerprint density at radius 2 is 1.98 bits per heavy atom. The number of H-pyrrole nitrogens is 1. The number of fused-ring (bicyclic) bond motifs is 1. The van der Waals surface area contributed by atoms with Crippen molar-refractivity contribution in [3.05, 3.63) is 81.1 Å². The zero-order valence-corrected chi connectivity index (χ0v) is 24.6. The Morgan fingerprint density at radius 1 is 1.21 bits per heavy atom. The van der Waals surface area contributed by atoms with Crippen LogP contribution in [-0.4, -0.2) is 53.3 Å². The van der Waals surface area contributed by atoms with Crippen molar-refractivity contribution in [2.75, 3.05) is 26.7 Å². The van der Waals surface area contributed by atoms with Crippen LogP contribution in [-0.2, 0) is 11.2 Å². The number of halogens is 2. The molecule has 2 unspecified atom stereocenters. The molecule has 42 heavy (non-hydrogen) atoms. The van der Waals surface area contributed by atoms with Crippen LogP contribution in [0, 0.1) is 5.82 Å². The van der Waals surface area contributed by atoms with Gasteiger partial charge >= 0.3 is 5.69 Å². The number of aromatic nitrogens is 3. The van der Waals surface area contributed by atoms with Crippen molar-refractivity contribution in [3.8, 4) is 16.9 Å². The molecule has 0 saturated heterocycles. The molecule has 0 aliphatic carbocycles. The zero-order chi connectivity index (χ0) is 30.2. The molecule has 4 aromatic rings. The topological polar surface area (TPSA) is 162 Å². The van der Waals surface area contributed by atoms with Crippen LogP contribution in [0.1, 0.15) is 43.4 Å². The van der Waals surface area contributed by atoms with Gasteiger partial charge in [0.25, 0.3) is 0 Å². The second-order valence-corrected chi connectivity index (χ2v) is 10.8. The van der Waals surface area contributed by atoms with Gasteiger partial charge < -0.3 is 32.2 Å². The number of guanidine groups is 1. The van der Waals surface area contributed by atoms with E-state index in [-0.39, 0.29) is 23.1 Å². The van der Waals surface area contributed by atoms with Crippen LogP contribution in [0.15, 0.2) is 58.4 Å².